The Labute approximate surface area is 153 Å². The molecule has 1 aromatic carbocycles. The van der Waals surface area contributed by atoms with Gasteiger partial charge >= 0.3 is 0 Å². The van der Waals surface area contributed by atoms with Gasteiger partial charge in [-0.15, -0.1) is 10.2 Å². The van der Waals surface area contributed by atoms with E-state index in [2.05, 4.69) is 10.2 Å². The molecule has 26 heavy (non-hydrogen) atoms. The van der Waals surface area contributed by atoms with E-state index in [0.717, 1.165) is 63.0 Å². The van der Waals surface area contributed by atoms with E-state index >= 15 is 0 Å². The Morgan fingerprint density at radius 3 is 2.73 bits per heavy atom. The number of amides is 1. The van der Waals surface area contributed by atoms with E-state index in [-0.39, 0.29) is 17.9 Å². The molecule has 3 heterocycles. The summed E-state index contributed by atoms with van der Waals surface area (Å²) in [6.45, 7) is 4.21. The Morgan fingerprint density at radius 2 is 1.92 bits per heavy atom. The third kappa shape index (κ3) is 3.51. The molecule has 2 fully saturated rings. The second kappa shape index (κ2) is 7.58. The van der Waals surface area contributed by atoms with Crippen molar-refractivity contribution in [1.29, 1.82) is 0 Å². The van der Waals surface area contributed by atoms with E-state index < -0.39 is 0 Å². The molecule has 4 rings (SSSR count). The molecule has 0 aliphatic carbocycles. The SMILES string of the molecule is Cc1cccc(C(=O)N2CCCC[C@@H]2c2nnc(C3CCOCC3)o2)c1. The maximum absolute atomic E-state index is 13.1. The minimum absolute atomic E-state index is 0.0456. The van der Waals surface area contributed by atoms with Gasteiger partial charge in [-0.05, 0) is 51.2 Å². The predicted molar refractivity (Wildman–Crippen MR) is 95.9 cm³/mol. The van der Waals surface area contributed by atoms with Crippen molar-refractivity contribution >= 4 is 5.91 Å². The monoisotopic (exact) mass is 355 g/mol. The predicted octanol–water partition coefficient (Wildman–Crippen LogP) is 3.64. The summed E-state index contributed by atoms with van der Waals surface area (Å²) in [7, 11) is 0. The number of aryl methyl sites for hydroxylation is 1. The van der Waals surface area contributed by atoms with Crippen LogP contribution in [0.15, 0.2) is 28.7 Å². The molecule has 0 saturated carbocycles. The largest absolute Gasteiger partial charge is 0.423 e. The number of carbonyl (C=O) groups is 1. The summed E-state index contributed by atoms with van der Waals surface area (Å²) in [6, 6.07) is 7.62. The summed E-state index contributed by atoms with van der Waals surface area (Å²) in [5.74, 6) is 1.59. The van der Waals surface area contributed by atoms with Gasteiger partial charge in [-0.2, -0.15) is 0 Å². The number of likely N-dealkylation sites (tertiary alicyclic amines) is 1. The van der Waals surface area contributed by atoms with Crippen molar-refractivity contribution in [3.8, 4) is 0 Å². The molecule has 1 aromatic heterocycles. The van der Waals surface area contributed by atoms with Crippen molar-refractivity contribution in [3.63, 3.8) is 0 Å². The van der Waals surface area contributed by atoms with Crippen molar-refractivity contribution in [3.05, 3.63) is 47.2 Å². The highest BCUT2D eigenvalue weighted by Crippen LogP contribution is 2.33. The number of nitrogens with zero attached hydrogens (tertiary/aromatic N) is 3. The summed E-state index contributed by atoms with van der Waals surface area (Å²) >= 11 is 0. The number of rotatable bonds is 3. The molecular formula is C20H25N3O3. The molecule has 138 valence electrons. The molecule has 1 atom stereocenters. The first-order valence-corrected chi connectivity index (χ1v) is 9.51. The smallest absolute Gasteiger partial charge is 0.254 e. The van der Waals surface area contributed by atoms with E-state index in [1.54, 1.807) is 0 Å². The maximum atomic E-state index is 13.1. The molecule has 0 bridgehead atoms. The number of hydrogen-bond acceptors (Lipinski definition) is 5. The second-order valence-electron chi connectivity index (χ2n) is 7.24. The van der Waals surface area contributed by atoms with E-state index in [4.69, 9.17) is 9.15 Å². The highest BCUT2D eigenvalue weighted by Gasteiger charge is 2.33. The average molecular weight is 355 g/mol. The van der Waals surface area contributed by atoms with Gasteiger partial charge in [-0.25, -0.2) is 0 Å². The normalized spacial score (nSPS) is 21.7. The van der Waals surface area contributed by atoms with Crippen LogP contribution in [0.1, 0.15) is 71.8 Å². The molecular weight excluding hydrogens is 330 g/mol. The van der Waals surface area contributed by atoms with E-state index in [1.807, 2.05) is 36.1 Å². The van der Waals surface area contributed by atoms with Gasteiger partial charge < -0.3 is 14.1 Å². The summed E-state index contributed by atoms with van der Waals surface area (Å²) in [5.41, 5.74) is 1.81. The van der Waals surface area contributed by atoms with Crippen LogP contribution in [-0.2, 0) is 4.74 Å². The summed E-state index contributed by atoms with van der Waals surface area (Å²) in [5, 5.41) is 8.59. The second-order valence-corrected chi connectivity index (χ2v) is 7.24. The molecule has 0 spiro atoms. The minimum atomic E-state index is -0.127. The Hall–Kier alpha value is -2.21. The van der Waals surface area contributed by atoms with Gasteiger partial charge in [0.15, 0.2) is 0 Å². The zero-order valence-corrected chi connectivity index (χ0v) is 15.2. The van der Waals surface area contributed by atoms with Crippen LogP contribution in [0.2, 0.25) is 0 Å². The lowest BCUT2D eigenvalue weighted by Gasteiger charge is -2.33. The van der Waals surface area contributed by atoms with Crippen LogP contribution in [-0.4, -0.2) is 40.8 Å². The molecule has 2 saturated heterocycles. The lowest BCUT2D eigenvalue weighted by Crippen LogP contribution is -2.38. The summed E-state index contributed by atoms with van der Waals surface area (Å²) in [4.78, 5) is 15.0. The van der Waals surface area contributed by atoms with Gasteiger partial charge in [-0.3, -0.25) is 4.79 Å². The maximum Gasteiger partial charge on any atom is 0.254 e. The number of hydrogen-bond donors (Lipinski definition) is 0. The fraction of sp³-hybridized carbons (Fsp3) is 0.550. The molecule has 6 heteroatoms. The van der Waals surface area contributed by atoms with Gasteiger partial charge in [0.05, 0.1) is 0 Å². The zero-order valence-electron chi connectivity index (χ0n) is 15.2. The molecule has 6 nitrogen and oxygen atoms in total. The first-order valence-electron chi connectivity index (χ1n) is 9.51. The quantitative estimate of drug-likeness (QED) is 0.841. The van der Waals surface area contributed by atoms with Gasteiger partial charge in [0, 0.05) is 31.2 Å². The van der Waals surface area contributed by atoms with E-state index in [0.29, 0.717) is 11.8 Å². The Bertz CT molecular complexity index is 767. The zero-order chi connectivity index (χ0) is 17.9. The molecule has 1 amide bonds. The standard InChI is InChI=1S/C20H25N3O3/c1-14-5-4-6-16(13-14)20(24)23-10-3-2-7-17(23)19-22-21-18(26-19)15-8-11-25-12-9-15/h4-6,13,15,17H,2-3,7-12H2,1H3/t17-/m1/s1. The summed E-state index contributed by atoms with van der Waals surface area (Å²) < 4.78 is 11.4. The Balaban J connectivity index is 1.56. The lowest BCUT2D eigenvalue weighted by molar-refractivity contribution is 0.0561. The van der Waals surface area contributed by atoms with Crippen molar-refractivity contribution in [2.75, 3.05) is 19.8 Å². The first-order chi connectivity index (χ1) is 12.7. The molecule has 0 radical (unpaired) electrons. The molecule has 0 N–H and O–H groups in total. The van der Waals surface area contributed by atoms with Crippen LogP contribution >= 0.6 is 0 Å². The van der Waals surface area contributed by atoms with Crippen molar-refractivity contribution in [2.24, 2.45) is 0 Å². The van der Waals surface area contributed by atoms with E-state index in [1.165, 1.54) is 0 Å². The van der Waals surface area contributed by atoms with Crippen molar-refractivity contribution < 1.29 is 13.9 Å². The van der Waals surface area contributed by atoms with Crippen LogP contribution in [0.5, 0.6) is 0 Å². The van der Waals surface area contributed by atoms with E-state index in [9.17, 15) is 4.79 Å². The highest BCUT2D eigenvalue weighted by atomic mass is 16.5. The third-order valence-corrected chi connectivity index (χ3v) is 5.34. The molecule has 0 unspecified atom stereocenters. The van der Waals surface area contributed by atoms with Gasteiger partial charge in [0.25, 0.3) is 5.91 Å². The Kier molecular flexibility index (Phi) is 5.02. The minimum Gasteiger partial charge on any atom is -0.423 e. The van der Waals surface area contributed by atoms with Crippen LogP contribution < -0.4 is 0 Å². The van der Waals surface area contributed by atoms with Crippen molar-refractivity contribution in [1.82, 2.24) is 15.1 Å². The van der Waals surface area contributed by atoms with Gasteiger partial charge in [-0.1, -0.05) is 17.7 Å². The third-order valence-electron chi connectivity index (χ3n) is 5.34. The van der Waals surface area contributed by atoms with Crippen LogP contribution in [0, 0.1) is 6.92 Å². The first kappa shape index (κ1) is 17.2. The number of benzene rings is 1. The lowest BCUT2D eigenvalue weighted by atomic mass is 10.00. The fourth-order valence-electron chi connectivity index (χ4n) is 3.87. The highest BCUT2D eigenvalue weighted by molar-refractivity contribution is 5.94. The van der Waals surface area contributed by atoms with Gasteiger partial charge in [0.1, 0.15) is 6.04 Å². The fourth-order valence-corrected chi connectivity index (χ4v) is 3.87. The average Bonchev–Trinajstić information content (AvgIpc) is 3.18. The number of ether oxygens (including phenoxy) is 1. The number of aromatic nitrogens is 2. The van der Waals surface area contributed by atoms with Crippen molar-refractivity contribution in [2.45, 2.75) is 51.0 Å². The van der Waals surface area contributed by atoms with Crippen LogP contribution in [0.4, 0.5) is 0 Å². The van der Waals surface area contributed by atoms with Crippen LogP contribution in [0.25, 0.3) is 0 Å². The summed E-state index contributed by atoms with van der Waals surface area (Å²) in [6.07, 6.45) is 4.77. The Morgan fingerprint density at radius 1 is 1.12 bits per heavy atom. The number of piperidine rings is 1. The molecule has 2 aliphatic heterocycles. The molecule has 2 aliphatic rings. The van der Waals surface area contributed by atoms with Crippen LogP contribution in [0.3, 0.4) is 0 Å². The topological polar surface area (TPSA) is 68.5 Å². The molecule has 2 aromatic rings. The van der Waals surface area contributed by atoms with Gasteiger partial charge in [0.2, 0.25) is 11.8 Å². The number of carbonyl (C=O) groups excluding carboxylic acids is 1.